The van der Waals surface area contributed by atoms with Crippen molar-refractivity contribution in [2.24, 2.45) is 10.7 Å². The molecule has 2 heterocycles. The molecule has 0 fully saturated rings. The minimum atomic E-state index is 0.384. The summed E-state index contributed by atoms with van der Waals surface area (Å²) in [5, 5.41) is 3.10. The summed E-state index contributed by atoms with van der Waals surface area (Å²) in [6.45, 7) is 3.05. The molecule has 3 aromatic rings. The van der Waals surface area contributed by atoms with E-state index in [0.29, 0.717) is 19.0 Å². The van der Waals surface area contributed by atoms with Gasteiger partial charge in [0.05, 0.1) is 25.9 Å². The summed E-state index contributed by atoms with van der Waals surface area (Å²) in [6.07, 6.45) is 2.01. The second-order valence-electron chi connectivity index (χ2n) is 5.49. The molecular weight excluding hydrogens is 302 g/mol. The van der Waals surface area contributed by atoms with Crippen molar-refractivity contribution in [2.75, 3.05) is 7.11 Å². The number of aliphatic imine (C=N–C) groups is 1. The molecule has 0 unspecified atom stereocenters. The van der Waals surface area contributed by atoms with Gasteiger partial charge in [-0.15, -0.1) is 0 Å². The monoisotopic (exact) mass is 323 g/mol. The number of fused-ring (bicyclic) bond motifs is 1. The lowest BCUT2D eigenvalue weighted by Gasteiger charge is -2.07. The Balaban J connectivity index is 1.63. The summed E-state index contributed by atoms with van der Waals surface area (Å²) in [5.41, 5.74) is 9.93. The van der Waals surface area contributed by atoms with Crippen molar-refractivity contribution >= 4 is 11.6 Å². The fourth-order valence-electron chi connectivity index (χ4n) is 2.52. The minimum absolute atomic E-state index is 0.384. The van der Waals surface area contributed by atoms with E-state index in [-0.39, 0.29) is 0 Å². The molecule has 1 aromatic carbocycles. The van der Waals surface area contributed by atoms with Gasteiger partial charge in [-0.3, -0.25) is 0 Å². The van der Waals surface area contributed by atoms with Crippen LogP contribution in [0.3, 0.4) is 0 Å². The summed E-state index contributed by atoms with van der Waals surface area (Å²) in [7, 11) is 1.65. The first kappa shape index (κ1) is 15.9. The number of pyridine rings is 1. The van der Waals surface area contributed by atoms with Crippen molar-refractivity contribution in [2.45, 2.75) is 20.0 Å². The topological polar surface area (TPSA) is 76.9 Å². The first-order valence-corrected chi connectivity index (χ1v) is 7.76. The van der Waals surface area contributed by atoms with Crippen LogP contribution in [0.1, 0.15) is 17.0 Å². The fraction of sp³-hybridized carbons (Fsp3) is 0.222. The number of para-hydroxylation sites is 1. The zero-order chi connectivity index (χ0) is 16.9. The van der Waals surface area contributed by atoms with E-state index in [9.17, 15) is 0 Å². The van der Waals surface area contributed by atoms with Gasteiger partial charge in [0.25, 0.3) is 0 Å². The second kappa shape index (κ2) is 7.04. The van der Waals surface area contributed by atoms with Crippen molar-refractivity contribution in [1.82, 2.24) is 14.7 Å². The molecule has 6 heteroatoms. The number of guanidine groups is 1. The highest BCUT2D eigenvalue weighted by atomic mass is 16.5. The van der Waals surface area contributed by atoms with Gasteiger partial charge < -0.3 is 20.2 Å². The van der Waals surface area contributed by atoms with Crippen LogP contribution in [0.15, 0.2) is 53.7 Å². The Labute approximate surface area is 141 Å². The Hall–Kier alpha value is -3.02. The molecule has 0 radical (unpaired) electrons. The van der Waals surface area contributed by atoms with E-state index in [1.54, 1.807) is 7.11 Å². The number of nitrogens with two attached hydrogens (primary N) is 1. The van der Waals surface area contributed by atoms with Crippen LogP contribution in [0.5, 0.6) is 5.75 Å². The lowest BCUT2D eigenvalue weighted by atomic mass is 10.2. The number of hydrogen-bond donors (Lipinski definition) is 2. The Morgan fingerprint density at radius 3 is 2.88 bits per heavy atom. The standard InChI is InChI=1S/C18H21N5O/c1-13-6-5-9-17-22-15(12-23(13)17)11-21-18(19)20-10-14-7-3-4-8-16(14)24-2/h3-9,12H,10-11H2,1-2H3,(H3,19,20,21). The van der Waals surface area contributed by atoms with Gasteiger partial charge in [0.1, 0.15) is 11.4 Å². The summed E-state index contributed by atoms with van der Waals surface area (Å²) < 4.78 is 7.36. The Morgan fingerprint density at radius 1 is 1.25 bits per heavy atom. The largest absolute Gasteiger partial charge is 0.496 e. The molecule has 0 saturated carbocycles. The summed E-state index contributed by atoms with van der Waals surface area (Å²) in [4.78, 5) is 8.92. The number of benzene rings is 1. The number of nitrogens with one attached hydrogen (secondary N) is 1. The Morgan fingerprint density at radius 2 is 2.08 bits per heavy atom. The minimum Gasteiger partial charge on any atom is -0.496 e. The quantitative estimate of drug-likeness (QED) is 0.558. The second-order valence-corrected chi connectivity index (χ2v) is 5.49. The number of rotatable bonds is 5. The average Bonchev–Trinajstić information content (AvgIpc) is 3.03. The molecule has 0 aliphatic rings. The molecule has 0 spiro atoms. The molecule has 0 atom stereocenters. The molecule has 124 valence electrons. The predicted molar refractivity (Wildman–Crippen MR) is 95.1 cm³/mol. The predicted octanol–water partition coefficient (Wildman–Crippen LogP) is 2.26. The van der Waals surface area contributed by atoms with E-state index in [1.807, 2.05) is 42.6 Å². The van der Waals surface area contributed by atoms with Crippen LogP contribution in [0.2, 0.25) is 0 Å². The first-order valence-electron chi connectivity index (χ1n) is 7.76. The maximum absolute atomic E-state index is 5.95. The van der Waals surface area contributed by atoms with E-state index in [1.165, 1.54) is 0 Å². The zero-order valence-corrected chi connectivity index (χ0v) is 13.9. The van der Waals surface area contributed by atoms with Crippen molar-refractivity contribution in [3.05, 3.63) is 65.6 Å². The van der Waals surface area contributed by atoms with Crippen molar-refractivity contribution in [3.63, 3.8) is 0 Å². The average molecular weight is 323 g/mol. The van der Waals surface area contributed by atoms with Gasteiger partial charge in [0.15, 0.2) is 5.96 Å². The van der Waals surface area contributed by atoms with E-state index in [4.69, 9.17) is 10.5 Å². The molecule has 2 aromatic heterocycles. The molecule has 3 rings (SSSR count). The van der Waals surface area contributed by atoms with Gasteiger partial charge in [0, 0.05) is 17.5 Å². The molecule has 0 bridgehead atoms. The molecule has 0 aliphatic heterocycles. The number of hydrogen-bond acceptors (Lipinski definition) is 3. The lowest BCUT2D eigenvalue weighted by Crippen LogP contribution is -2.31. The van der Waals surface area contributed by atoms with E-state index < -0.39 is 0 Å². The normalized spacial score (nSPS) is 11.7. The highest BCUT2D eigenvalue weighted by Crippen LogP contribution is 2.17. The summed E-state index contributed by atoms with van der Waals surface area (Å²) in [6, 6.07) is 13.8. The van der Waals surface area contributed by atoms with Crippen LogP contribution >= 0.6 is 0 Å². The van der Waals surface area contributed by atoms with Crippen LogP contribution in [-0.4, -0.2) is 22.5 Å². The number of aryl methyl sites for hydroxylation is 1. The van der Waals surface area contributed by atoms with Gasteiger partial charge in [-0.25, -0.2) is 9.98 Å². The van der Waals surface area contributed by atoms with Crippen LogP contribution in [0.4, 0.5) is 0 Å². The van der Waals surface area contributed by atoms with E-state index in [0.717, 1.165) is 28.3 Å². The van der Waals surface area contributed by atoms with Crippen LogP contribution in [0.25, 0.3) is 5.65 Å². The zero-order valence-electron chi connectivity index (χ0n) is 13.9. The van der Waals surface area contributed by atoms with Gasteiger partial charge >= 0.3 is 0 Å². The molecule has 0 saturated heterocycles. The maximum Gasteiger partial charge on any atom is 0.189 e. The SMILES string of the molecule is COc1ccccc1CN=C(N)NCc1cn2c(C)cccc2n1. The van der Waals surface area contributed by atoms with E-state index >= 15 is 0 Å². The highest BCUT2D eigenvalue weighted by Gasteiger charge is 2.04. The smallest absolute Gasteiger partial charge is 0.189 e. The number of methoxy groups -OCH3 is 1. The third-order valence-electron chi connectivity index (χ3n) is 3.81. The molecule has 0 amide bonds. The summed E-state index contributed by atoms with van der Waals surface area (Å²) >= 11 is 0. The van der Waals surface area contributed by atoms with Crippen LogP contribution in [0, 0.1) is 6.92 Å². The Bertz CT molecular complexity index is 869. The lowest BCUT2D eigenvalue weighted by molar-refractivity contribution is 0.410. The van der Waals surface area contributed by atoms with Crippen molar-refractivity contribution < 1.29 is 4.74 Å². The van der Waals surface area contributed by atoms with Crippen molar-refractivity contribution in [3.8, 4) is 5.75 Å². The number of imidazole rings is 1. The first-order chi connectivity index (χ1) is 11.7. The molecule has 6 nitrogen and oxygen atoms in total. The van der Waals surface area contributed by atoms with Gasteiger partial charge in [-0.05, 0) is 25.1 Å². The van der Waals surface area contributed by atoms with Gasteiger partial charge in [0.2, 0.25) is 0 Å². The molecule has 0 aliphatic carbocycles. The van der Waals surface area contributed by atoms with Crippen molar-refractivity contribution in [1.29, 1.82) is 0 Å². The number of nitrogens with zero attached hydrogens (tertiary/aromatic N) is 3. The van der Waals surface area contributed by atoms with Gasteiger partial charge in [-0.1, -0.05) is 24.3 Å². The summed E-state index contributed by atoms with van der Waals surface area (Å²) in [5.74, 6) is 1.19. The number of aromatic nitrogens is 2. The highest BCUT2D eigenvalue weighted by molar-refractivity contribution is 5.77. The van der Waals surface area contributed by atoms with Crippen LogP contribution in [-0.2, 0) is 13.1 Å². The Kier molecular flexibility index (Phi) is 4.65. The third kappa shape index (κ3) is 3.48. The van der Waals surface area contributed by atoms with Gasteiger partial charge in [-0.2, -0.15) is 0 Å². The van der Waals surface area contributed by atoms with E-state index in [2.05, 4.69) is 32.7 Å². The molecule has 3 N–H and O–H groups in total. The third-order valence-corrected chi connectivity index (χ3v) is 3.81. The molecular formula is C18H21N5O. The molecule has 24 heavy (non-hydrogen) atoms. The maximum atomic E-state index is 5.95. The fourth-order valence-corrected chi connectivity index (χ4v) is 2.52. The number of ether oxygens (including phenoxy) is 1. The van der Waals surface area contributed by atoms with Crippen LogP contribution < -0.4 is 15.8 Å².